The van der Waals surface area contributed by atoms with Crippen molar-refractivity contribution in [1.82, 2.24) is 19.8 Å². The van der Waals surface area contributed by atoms with Crippen LogP contribution in [0.2, 0.25) is 0 Å². The van der Waals surface area contributed by atoms with E-state index in [1.165, 1.54) is 17.2 Å². The van der Waals surface area contributed by atoms with Crippen LogP contribution < -0.4 is 15.0 Å². The number of nitrogens with zero attached hydrogens (tertiary/aromatic N) is 6. The SMILES string of the molecule is CN1CCN(Cc2cc3c(nc2C=O)N(C(=O)Nc2cc(OCC4CCCCO4)c(C#N)cn2)C2CC3(F)C2)C(=O)C1. The molecule has 3 fully saturated rings. The number of rotatable bonds is 7. The molecule has 12 nitrogen and oxygen atoms in total. The number of aldehydes is 1. The van der Waals surface area contributed by atoms with Gasteiger partial charge < -0.3 is 14.4 Å². The number of hydrogen-bond donors (Lipinski definition) is 1. The maximum absolute atomic E-state index is 15.8. The summed E-state index contributed by atoms with van der Waals surface area (Å²) in [5.74, 6) is 0.416. The quantitative estimate of drug-likeness (QED) is 0.492. The molecule has 13 heteroatoms. The minimum absolute atomic E-state index is 0.0558. The van der Waals surface area contributed by atoms with E-state index >= 15 is 4.39 Å². The van der Waals surface area contributed by atoms with Gasteiger partial charge in [0.15, 0.2) is 6.29 Å². The van der Waals surface area contributed by atoms with Gasteiger partial charge >= 0.3 is 6.03 Å². The third-order valence-electron chi connectivity index (χ3n) is 8.43. The molecule has 0 aromatic carbocycles. The zero-order valence-corrected chi connectivity index (χ0v) is 23.3. The van der Waals surface area contributed by atoms with Crippen LogP contribution in [-0.4, -0.2) is 90.0 Å². The van der Waals surface area contributed by atoms with E-state index in [0.29, 0.717) is 31.5 Å². The van der Waals surface area contributed by atoms with Gasteiger partial charge in [0.1, 0.15) is 47.0 Å². The first-order valence-electron chi connectivity index (χ1n) is 14.2. The zero-order chi connectivity index (χ0) is 29.4. The van der Waals surface area contributed by atoms with Crippen molar-refractivity contribution in [3.63, 3.8) is 0 Å². The molecule has 2 aromatic rings. The summed E-state index contributed by atoms with van der Waals surface area (Å²) >= 11 is 0. The lowest BCUT2D eigenvalue weighted by molar-refractivity contribution is -0.136. The molecule has 3 amide bonds. The first-order chi connectivity index (χ1) is 20.3. The van der Waals surface area contributed by atoms with E-state index in [0.717, 1.165) is 19.3 Å². The molecule has 0 spiro atoms. The van der Waals surface area contributed by atoms with Crippen LogP contribution in [0.15, 0.2) is 18.3 Å². The molecular weight excluding hydrogens is 545 g/mol. The molecule has 6 heterocycles. The van der Waals surface area contributed by atoms with Crippen molar-refractivity contribution in [2.75, 3.05) is 50.1 Å². The van der Waals surface area contributed by atoms with Crippen LogP contribution in [0.4, 0.5) is 20.8 Å². The van der Waals surface area contributed by atoms with Gasteiger partial charge in [0, 0.05) is 62.3 Å². The highest BCUT2D eigenvalue weighted by Gasteiger charge is 2.57. The first kappa shape index (κ1) is 28.0. The molecule has 0 radical (unpaired) electrons. The predicted molar refractivity (Wildman–Crippen MR) is 148 cm³/mol. The Morgan fingerprint density at radius 3 is 2.88 bits per heavy atom. The van der Waals surface area contributed by atoms with Crippen molar-refractivity contribution in [2.24, 2.45) is 0 Å². The van der Waals surface area contributed by atoms with Gasteiger partial charge in [-0.05, 0) is 32.4 Å². The average Bonchev–Trinajstić information content (AvgIpc) is 2.97. The number of ether oxygens (including phenoxy) is 2. The second-order valence-electron chi connectivity index (χ2n) is 11.4. The molecule has 2 bridgehead atoms. The van der Waals surface area contributed by atoms with Crippen LogP contribution in [0.5, 0.6) is 5.75 Å². The number of carbonyl (C=O) groups is 3. The third kappa shape index (κ3) is 5.28. The molecule has 2 saturated heterocycles. The number of urea groups is 1. The summed E-state index contributed by atoms with van der Waals surface area (Å²) in [7, 11) is 1.86. The molecule has 7 rings (SSSR count). The summed E-state index contributed by atoms with van der Waals surface area (Å²) in [4.78, 5) is 51.7. The number of nitriles is 1. The molecule has 4 aliphatic heterocycles. The number of anilines is 2. The number of halogens is 1. The highest BCUT2D eigenvalue weighted by molar-refractivity contribution is 6.03. The second-order valence-corrected chi connectivity index (χ2v) is 11.4. The number of pyridine rings is 2. The standard InChI is InChI=1S/C29H32FN7O5/c1-35-5-6-36(26(39)15-35)14-18-8-22-27(33-23(18)16-38)37(20-10-29(22,30)11-20)28(40)34-25-9-24(19(12-31)13-32-25)42-17-21-4-2-3-7-41-21/h8-9,13,16,20-21H,2-7,10-11,14-15,17H2,1H3,(H,32,34,40). The van der Waals surface area contributed by atoms with Crippen molar-refractivity contribution in [1.29, 1.82) is 5.26 Å². The number of likely N-dealkylation sites (N-methyl/N-ethyl adjacent to an activating group) is 1. The lowest BCUT2D eigenvalue weighted by atomic mass is 9.68. The number of alkyl halides is 1. The molecule has 1 unspecified atom stereocenters. The summed E-state index contributed by atoms with van der Waals surface area (Å²) in [6.07, 6.45) is 4.93. The zero-order valence-electron chi connectivity index (χ0n) is 23.3. The monoisotopic (exact) mass is 577 g/mol. The van der Waals surface area contributed by atoms with E-state index in [4.69, 9.17) is 9.47 Å². The van der Waals surface area contributed by atoms with E-state index in [-0.39, 0.29) is 78.8 Å². The summed E-state index contributed by atoms with van der Waals surface area (Å²) in [6, 6.07) is 4.06. The molecule has 1 saturated carbocycles. The van der Waals surface area contributed by atoms with Gasteiger partial charge in [0.05, 0.1) is 18.8 Å². The molecule has 220 valence electrons. The Morgan fingerprint density at radius 2 is 2.17 bits per heavy atom. The summed E-state index contributed by atoms with van der Waals surface area (Å²) in [6.45, 7) is 2.52. The van der Waals surface area contributed by atoms with Crippen molar-refractivity contribution in [2.45, 2.75) is 56.5 Å². The van der Waals surface area contributed by atoms with E-state index in [9.17, 15) is 19.6 Å². The van der Waals surface area contributed by atoms with Gasteiger partial charge in [-0.15, -0.1) is 0 Å². The first-order valence-corrected chi connectivity index (χ1v) is 14.2. The predicted octanol–water partition coefficient (Wildman–Crippen LogP) is 2.76. The number of nitrogens with one attached hydrogen (secondary N) is 1. The number of hydrogen-bond acceptors (Lipinski definition) is 9. The maximum Gasteiger partial charge on any atom is 0.328 e. The smallest absolute Gasteiger partial charge is 0.328 e. The number of aromatic nitrogens is 2. The van der Waals surface area contributed by atoms with Gasteiger partial charge in [-0.3, -0.25) is 24.7 Å². The Kier molecular flexibility index (Phi) is 7.51. The summed E-state index contributed by atoms with van der Waals surface area (Å²) < 4.78 is 27.4. The Hall–Kier alpha value is -4.15. The molecule has 2 aromatic heterocycles. The minimum atomic E-state index is -1.67. The fourth-order valence-corrected chi connectivity index (χ4v) is 6.02. The number of piperazine rings is 1. The highest BCUT2D eigenvalue weighted by Crippen LogP contribution is 2.56. The van der Waals surface area contributed by atoms with Gasteiger partial charge in [-0.25, -0.2) is 19.2 Å². The average molecular weight is 578 g/mol. The van der Waals surface area contributed by atoms with Crippen LogP contribution in [0.1, 0.15) is 59.3 Å². The van der Waals surface area contributed by atoms with Crippen molar-refractivity contribution < 1.29 is 28.2 Å². The van der Waals surface area contributed by atoms with Crippen LogP contribution in [0.3, 0.4) is 0 Å². The molecule has 1 atom stereocenters. The Balaban J connectivity index is 1.23. The molecule has 1 aliphatic carbocycles. The fraction of sp³-hybridized carbons (Fsp3) is 0.517. The van der Waals surface area contributed by atoms with Crippen LogP contribution in [-0.2, 0) is 21.7 Å². The Bertz CT molecular complexity index is 1450. The maximum atomic E-state index is 15.8. The summed E-state index contributed by atoms with van der Waals surface area (Å²) in [5.41, 5.74) is -0.716. The van der Waals surface area contributed by atoms with Gasteiger partial charge in [-0.2, -0.15) is 5.26 Å². The van der Waals surface area contributed by atoms with E-state index in [1.807, 2.05) is 18.0 Å². The molecule has 5 aliphatic rings. The largest absolute Gasteiger partial charge is 0.489 e. The molecule has 1 N–H and O–H groups in total. The fourth-order valence-electron chi connectivity index (χ4n) is 6.02. The number of amides is 3. The van der Waals surface area contributed by atoms with Crippen LogP contribution in [0, 0.1) is 11.3 Å². The normalized spacial score (nSPS) is 25.2. The van der Waals surface area contributed by atoms with Crippen molar-refractivity contribution >= 4 is 29.9 Å². The lowest BCUT2D eigenvalue weighted by Gasteiger charge is -2.52. The third-order valence-corrected chi connectivity index (χ3v) is 8.43. The second kappa shape index (κ2) is 11.3. The molecular formula is C29H32FN7O5. The van der Waals surface area contributed by atoms with Crippen molar-refractivity contribution in [3.05, 3.63) is 40.7 Å². The van der Waals surface area contributed by atoms with Crippen LogP contribution >= 0.6 is 0 Å². The highest BCUT2D eigenvalue weighted by atomic mass is 19.1. The van der Waals surface area contributed by atoms with Gasteiger partial charge in [-0.1, -0.05) is 0 Å². The Morgan fingerprint density at radius 1 is 1.33 bits per heavy atom. The Labute approximate surface area is 242 Å². The van der Waals surface area contributed by atoms with Gasteiger partial charge in [0.2, 0.25) is 5.91 Å². The van der Waals surface area contributed by atoms with Crippen molar-refractivity contribution in [3.8, 4) is 11.8 Å². The van der Waals surface area contributed by atoms with E-state index < -0.39 is 17.7 Å². The topological polar surface area (TPSA) is 141 Å². The number of carbonyl (C=O) groups excluding carboxylic acids is 3. The lowest BCUT2D eigenvalue weighted by Crippen LogP contribution is -2.60. The van der Waals surface area contributed by atoms with Crippen LogP contribution in [0.25, 0.3) is 0 Å². The van der Waals surface area contributed by atoms with E-state index in [2.05, 4.69) is 15.3 Å². The molecule has 42 heavy (non-hydrogen) atoms. The van der Waals surface area contributed by atoms with Gasteiger partial charge in [0.25, 0.3) is 0 Å². The minimum Gasteiger partial charge on any atom is -0.489 e. The summed E-state index contributed by atoms with van der Waals surface area (Å²) in [5, 5.41) is 12.2. The van der Waals surface area contributed by atoms with E-state index in [1.54, 1.807) is 11.0 Å².